The molecule has 0 bridgehead atoms. The van der Waals surface area contributed by atoms with Gasteiger partial charge in [-0.3, -0.25) is 4.72 Å². The predicted molar refractivity (Wildman–Crippen MR) is 70.5 cm³/mol. The van der Waals surface area contributed by atoms with Gasteiger partial charge in [0, 0.05) is 5.88 Å². The molecule has 0 aliphatic carbocycles. The zero-order valence-electron chi connectivity index (χ0n) is 12.0. The average Bonchev–Trinajstić information content (AvgIpc) is 2.25. The van der Waals surface area contributed by atoms with Gasteiger partial charge >= 0.3 is 103 Å². The van der Waals surface area contributed by atoms with Crippen molar-refractivity contribution in [2.24, 2.45) is 0 Å². The molecule has 0 radical (unpaired) electrons. The Labute approximate surface area is 224 Å². The summed E-state index contributed by atoms with van der Waals surface area (Å²) in [5.74, 6) is -0.935. The third-order valence-electron chi connectivity index (χ3n) is 2.12. The van der Waals surface area contributed by atoms with E-state index in [4.69, 9.17) is 11.6 Å². The normalized spacial score (nSPS) is 12.0. The summed E-state index contributed by atoms with van der Waals surface area (Å²) in [6.45, 7) is 0. The molecule has 0 aromatic heterocycles. The fraction of sp³-hybridized carbons (Fsp3) is 0.250. The van der Waals surface area contributed by atoms with E-state index in [1.165, 1.54) is 0 Å². The van der Waals surface area contributed by atoms with Gasteiger partial charge in [0.15, 0.2) is 0 Å². The van der Waals surface area contributed by atoms with Crippen LogP contribution in [0.2, 0.25) is 0 Å². The van der Waals surface area contributed by atoms with Crippen LogP contribution >= 0.6 is 11.6 Å². The molecule has 0 heterocycles. The molecule has 0 amide bonds. The Balaban J connectivity index is 0. The summed E-state index contributed by atoms with van der Waals surface area (Å²) in [5.41, 5.74) is -0.827. The van der Waals surface area contributed by atoms with E-state index in [-0.39, 0.29) is 109 Å². The Kier molecular flexibility index (Phi) is 12.7. The molecule has 0 fully saturated rings. The molecule has 0 saturated carbocycles. The fourth-order valence-electron chi connectivity index (χ4n) is 1.28. The van der Waals surface area contributed by atoms with Gasteiger partial charge in [-0.05, 0) is 18.2 Å². The Hall–Kier alpha value is 2.35. The monoisotopic (exact) mass is 455 g/mol. The fourth-order valence-corrected chi connectivity index (χ4v) is 3.88. The maximum atomic E-state index is 11.5. The summed E-state index contributed by atoms with van der Waals surface area (Å²) in [7, 11) is -14.2. The molecule has 0 unspecified atom stereocenters. The van der Waals surface area contributed by atoms with Gasteiger partial charge in [-0.1, -0.05) is 0 Å². The number of rotatable bonds is 6. The van der Waals surface area contributed by atoms with Gasteiger partial charge in [0.2, 0.25) is 10.0 Å². The maximum absolute atomic E-state index is 11.5. The van der Waals surface area contributed by atoms with Crippen molar-refractivity contribution in [3.8, 4) is 0 Å². The Bertz CT molecular complexity index is 853. The standard InChI is InChI=1S/C8H10ClNO8S3.2K/c9-3-4-19(11,12)10-7-5-6(20(13,14)15)1-2-8(7)21(16,17)18;;/h1-2,5,10H,3-4H2,(H,13,14,15)(H,16,17,18);;/q;2*+1/p-2. The molecule has 120 valence electrons. The molecule has 9 nitrogen and oxygen atoms in total. The maximum Gasteiger partial charge on any atom is 1.00 e. The molecular weight excluding hydrogens is 448 g/mol. The van der Waals surface area contributed by atoms with Crippen LogP contribution in [0.15, 0.2) is 28.0 Å². The number of hydrogen-bond donors (Lipinski definition) is 1. The summed E-state index contributed by atoms with van der Waals surface area (Å²) >= 11 is 5.24. The zero-order valence-corrected chi connectivity index (χ0v) is 21.5. The largest absolute Gasteiger partial charge is 1.00 e. The second kappa shape index (κ2) is 10.6. The second-order valence-corrected chi connectivity index (χ2v) is 8.62. The van der Waals surface area contributed by atoms with E-state index < -0.39 is 51.5 Å². The number of hydrogen-bond acceptors (Lipinski definition) is 8. The molecular formula is C8H8ClK2NO8S3. The number of halogens is 1. The van der Waals surface area contributed by atoms with Crippen LogP contribution in [0.5, 0.6) is 0 Å². The van der Waals surface area contributed by atoms with Crippen molar-refractivity contribution in [2.45, 2.75) is 9.79 Å². The van der Waals surface area contributed by atoms with Crippen LogP contribution < -0.4 is 107 Å². The molecule has 15 heteroatoms. The van der Waals surface area contributed by atoms with Crippen molar-refractivity contribution in [1.82, 2.24) is 0 Å². The first-order valence-corrected chi connectivity index (χ1v) is 9.99. The predicted octanol–water partition coefficient (Wildman–Crippen LogP) is -6.52. The topological polar surface area (TPSA) is 161 Å². The number of anilines is 1. The smallest absolute Gasteiger partial charge is 0.744 e. The quantitative estimate of drug-likeness (QED) is 0.251. The van der Waals surface area contributed by atoms with Gasteiger partial charge in [0.25, 0.3) is 0 Å². The van der Waals surface area contributed by atoms with Crippen LogP contribution in [-0.4, -0.2) is 46.0 Å². The van der Waals surface area contributed by atoms with E-state index in [2.05, 4.69) is 0 Å². The SMILES string of the molecule is O=S(=O)(CCCl)Nc1cc(S(=O)(=O)[O-])ccc1S(=O)(=O)[O-].[K+].[K+]. The number of sulfonamides is 1. The third kappa shape index (κ3) is 9.21. The van der Waals surface area contributed by atoms with E-state index in [0.29, 0.717) is 18.2 Å². The molecule has 0 atom stereocenters. The van der Waals surface area contributed by atoms with Gasteiger partial charge in [-0.15, -0.1) is 11.6 Å². The molecule has 0 aliphatic rings. The van der Waals surface area contributed by atoms with Crippen molar-refractivity contribution >= 4 is 47.5 Å². The minimum Gasteiger partial charge on any atom is -0.744 e. The van der Waals surface area contributed by atoms with Crippen LogP contribution in [0.25, 0.3) is 0 Å². The molecule has 0 aliphatic heterocycles. The Morgan fingerprint density at radius 1 is 0.957 bits per heavy atom. The van der Waals surface area contributed by atoms with E-state index in [9.17, 15) is 34.4 Å². The van der Waals surface area contributed by atoms with Crippen LogP contribution in [0.3, 0.4) is 0 Å². The first-order valence-electron chi connectivity index (χ1n) is 4.99. The van der Waals surface area contributed by atoms with E-state index >= 15 is 0 Å². The number of nitrogens with one attached hydrogen (secondary N) is 1. The zero-order chi connectivity index (χ0) is 16.5. The van der Waals surface area contributed by atoms with Crippen LogP contribution in [-0.2, 0) is 30.3 Å². The average molecular weight is 456 g/mol. The molecule has 0 saturated heterocycles. The van der Waals surface area contributed by atoms with Gasteiger partial charge in [0.1, 0.15) is 20.2 Å². The molecule has 1 aromatic rings. The first-order chi connectivity index (χ1) is 9.37. The van der Waals surface area contributed by atoms with Crippen molar-refractivity contribution in [3.63, 3.8) is 0 Å². The van der Waals surface area contributed by atoms with Gasteiger partial charge < -0.3 is 9.11 Å². The van der Waals surface area contributed by atoms with Gasteiger partial charge in [-0.2, -0.15) is 0 Å². The minimum atomic E-state index is -5.09. The summed E-state index contributed by atoms with van der Waals surface area (Å²) in [6.07, 6.45) is 0. The Morgan fingerprint density at radius 3 is 1.87 bits per heavy atom. The van der Waals surface area contributed by atoms with Crippen molar-refractivity contribution in [3.05, 3.63) is 18.2 Å². The van der Waals surface area contributed by atoms with Crippen LogP contribution in [0.1, 0.15) is 0 Å². The second-order valence-electron chi connectivity index (χ2n) is 3.68. The van der Waals surface area contributed by atoms with E-state index in [1.54, 1.807) is 4.72 Å². The molecule has 1 N–H and O–H groups in total. The molecule has 1 rings (SSSR count). The van der Waals surface area contributed by atoms with Crippen molar-refractivity contribution in [2.75, 3.05) is 16.4 Å². The molecule has 0 spiro atoms. The van der Waals surface area contributed by atoms with E-state index in [0.717, 1.165) is 0 Å². The summed E-state index contributed by atoms with van der Waals surface area (Å²) in [6, 6.07) is 1.58. The van der Waals surface area contributed by atoms with Gasteiger partial charge in [0.05, 0.1) is 21.2 Å². The summed E-state index contributed by atoms with van der Waals surface area (Å²) in [5, 5.41) is 0. The van der Waals surface area contributed by atoms with Crippen LogP contribution in [0, 0.1) is 0 Å². The number of benzene rings is 1. The summed E-state index contributed by atoms with van der Waals surface area (Å²) in [4.78, 5) is -1.90. The summed E-state index contributed by atoms with van der Waals surface area (Å²) < 4.78 is 90.4. The molecule has 23 heavy (non-hydrogen) atoms. The minimum absolute atomic E-state index is 0. The van der Waals surface area contributed by atoms with Crippen molar-refractivity contribution in [1.29, 1.82) is 0 Å². The van der Waals surface area contributed by atoms with Gasteiger partial charge in [-0.25, -0.2) is 25.3 Å². The van der Waals surface area contributed by atoms with Crippen molar-refractivity contribution < 1.29 is 137 Å². The first kappa shape index (κ1) is 27.6. The number of alkyl halides is 1. The van der Waals surface area contributed by atoms with Crippen LogP contribution in [0.4, 0.5) is 5.69 Å². The molecule has 1 aromatic carbocycles. The van der Waals surface area contributed by atoms with E-state index in [1.807, 2.05) is 0 Å². The third-order valence-corrected chi connectivity index (χ3v) is 5.53. The Morgan fingerprint density at radius 2 is 1.48 bits per heavy atom.